The van der Waals surface area contributed by atoms with E-state index in [-0.39, 0.29) is 12.0 Å². The van der Waals surface area contributed by atoms with Gasteiger partial charge in [0.05, 0.1) is 6.10 Å². The summed E-state index contributed by atoms with van der Waals surface area (Å²) in [7, 11) is 0. The molecule has 2 heterocycles. The van der Waals surface area contributed by atoms with Crippen LogP contribution in [-0.4, -0.2) is 36.6 Å². The summed E-state index contributed by atoms with van der Waals surface area (Å²) in [6, 6.07) is 7.83. The number of piperidine rings is 1. The molecular weight excluding hydrogens is 334 g/mol. The molecule has 0 spiro atoms. The molecule has 134 valence electrons. The van der Waals surface area contributed by atoms with E-state index in [1.54, 1.807) is 0 Å². The standard InChI is InChI=1S/C19H25N3O2S/c1-13(2)24-16-7-5-15(6-8-16)19-22-17(12-25-19)18(23)21-11-14-4-3-9-20-10-14/h5-8,12-14,20H,3-4,9-11H2,1-2H3,(H,21,23). The van der Waals surface area contributed by atoms with Gasteiger partial charge in [0.1, 0.15) is 16.5 Å². The Balaban J connectivity index is 1.58. The number of rotatable bonds is 6. The number of carbonyl (C=O) groups is 1. The molecule has 2 N–H and O–H groups in total. The van der Waals surface area contributed by atoms with Gasteiger partial charge in [-0.05, 0) is 70.0 Å². The van der Waals surface area contributed by atoms with Gasteiger partial charge in [-0.2, -0.15) is 0 Å². The number of hydrogen-bond donors (Lipinski definition) is 2. The maximum Gasteiger partial charge on any atom is 0.270 e. The molecule has 1 atom stereocenters. The Kier molecular flexibility index (Phi) is 6.04. The van der Waals surface area contributed by atoms with Crippen molar-refractivity contribution < 1.29 is 9.53 Å². The molecule has 1 aliphatic rings. The molecule has 6 heteroatoms. The maximum absolute atomic E-state index is 12.3. The van der Waals surface area contributed by atoms with E-state index in [2.05, 4.69) is 15.6 Å². The largest absolute Gasteiger partial charge is 0.491 e. The van der Waals surface area contributed by atoms with Crippen LogP contribution in [0, 0.1) is 5.92 Å². The summed E-state index contributed by atoms with van der Waals surface area (Å²) in [5, 5.41) is 9.04. The molecule has 1 amide bonds. The number of carbonyl (C=O) groups excluding carboxylic acids is 1. The fourth-order valence-corrected chi connectivity index (χ4v) is 3.69. The van der Waals surface area contributed by atoms with Crippen LogP contribution in [0.15, 0.2) is 29.6 Å². The van der Waals surface area contributed by atoms with Gasteiger partial charge in [0, 0.05) is 17.5 Å². The van der Waals surface area contributed by atoms with Crippen molar-refractivity contribution in [2.45, 2.75) is 32.8 Å². The summed E-state index contributed by atoms with van der Waals surface area (Å²) in [5.74, 6) is 1.27. The van der Waals surface area contributed by atoms with Gasteiger partial charge >= 0.3 is 0 Å². The first-order valence-corrected chi connectivity index (χ1v) is 9.71. The fourth-order valence-electron chi connectivity index (χ4n) is 2.88. The molecule has 1 aromatic heterocycles. The number of nitrogens with one attached hydrogen (secondary N) is 2. The van der Waals surface area contributed by atoms with E-state index in [1.165, 1.54) is 24.2 Å². The lowest BCUT2D eigenvalue weighted by atomic mass is 10.00. The van der Waals surface area contributed by atoms with E-state index in [0.717, 1.165) is 29.4 Å². The van der Waals surface area contributed by atoms with Gasteiger partial charge in [0.25, 0.3) is 5.91 Å². The van der Waals surface area contributed by atoms with Crippen LogP contribution in [0.2, 0.25) is 0 Å². The Morgan fingerprint density at radius 2 is 2.20 bits per heavy atom. The highest BCUT2D eigenvalue weighted by Crippen LogP contribution is 2.26. The minimum absolute atomic E-state index is 0.0900. The predicted molar refractivity (Wildman–Crippen MR) is 101 cm³/mol. The molecule has 1 fully saturated rings. The Labute approximate surface area is 152 Å². The van der Waals surface area contributed by atoms with Crippen LogP contribution >= 0.6 is 11.3 Å². The number of thiazole rings is 1. The highest BCUT2D eigenvalue weighted by molar-refractivity contribution is 7.13. The molecule has 0 bridgehead atoms. The van der Waals surface area contributed by atoms with Gasteiger partial charge in [-0.15, -0.1) is 11.3 Å². The Morgan fingerprint density at radius 3 is 2.88 bits per heavy atom. The SMILES string of the molecule is CC(C)Oc1ccc(-c2nc(C(=O)NCC3CCCNC3)cs2)cc1. The first-order chi connectivity index (χ1) is 12.1. The third kappa shape index (κ3) is 5.03. The summed E-state index contributed by atoms with van der Waals surface area (Å²) in [5.41, 5.74) is 1.49. The van der Waals surface area contributed by atoms with Gasteiger partial charge in [0.2, 0.25) is 0 Å². The lowest BCUT2D eigenvalue weighted by molar-refractivity contribution is 0.0940. The van der Waals surface area contributed by atoms with Crippen LogP contribution in [0.5, 0.6) is 5.75 Å². The van der Waals surface area contributed by atoms with Gasteiger partial charge in [-0.1, -0.05) is 0 Å². The normalized spacial score (nSPS) is 17.5. The zero-order valence-corrected chi connectivity index (χ0v) is 15.6. The van der Waals surface area contributed by atoms with Crippen molar-refractivity contribution in [3.63, 3.8) is 0 Å². The molecule has 0 saturated carbocycles. The van der Waals surface area contributed by atoms with Crippen molar-refractivity contribution >= 4 is 17.2 Å². The molecule has 3 rings (SSSR count). The number of aromatic nitrogens is 1. The van der Waals surface area contributed by atoms with Crippen LogP contribution in [0.4, 0.5) is 0 Å². The lowest BCUT2D eigenvalue weighted by Crippen LogP contribution is -2.38. The third-order valence-corrected chi connectivity index (χ3v) is 5.05. The smallest absolute Gasteiger partial charge is 0.270 e. The van der Waals surface area contributed by atoms with Crippen molar-refractivity contribution in [1.82, 2.24) is 15.6 Å². The second kappa shape index (κ2) is 8.45. The number of amides is 1. The van der Waals surface area contributed by atoms with Gasteiger partial charge in [-0.25, -0.2) is 4.98 Å². The third-order valence-electron chi connectivity index (χ3n) is 4.16. The summed E-state index contributed by atoms with van der Waals surface area (Å²) >= 11 is 1.49. The molecular formula is C19H25N3O2S. The highest BCUT2D eigenvalue weighted by Gasteiger charge is 2.16. The van der Waals surface area contributed by atoms with E-state index in [9.17, 15) is 4.79 Å². The first-order valence-electron chi connectivity index (χ1n) is 8.83. The van der Waals surface area contributed by atoms with Crippen molar-refractivity contribution in [3.05, 3.63) is 35.3 Å². The fraction of sp³-hybridized carbons (Fsp3) is 0.474. The van der Waals surface area contributed by atoms with E-state index in [0.29, 0.717) is 18.2 Å². The number of benzene rings is 1. The average Bonchev–Trinajstić information content (AvgIpc) is 3.11. The van der Waals surface area contributed by atoms with Crippen LogP contribution in [0.3, 0.4) is 0 Å². The minimum atomic E-state index is -0.0900. The lowest BCUT2D eigenvalue weighted by Gasteiger charge is -2.22. The minimum Gasteiger partial charge on any atom is -0.491 e. The molecule has 25 heavy (non-hydrogen) atoms. The molecule has 1 aliphatic heterocycles. The van der Waals surface area contributed by atoms with Crippen molar-refractivity contribution in [2.24, 2.45) is 5.92 Å². The van der Waals surface area contributed by atoms with E-state index in [4.69, 9.17) is 4.74 Å². The molecule has 1 aromatic carbocycles. The van der Waals surface area contributed by atoms with Gasteiger partial charge in [0.15, 0.2) is 0 Å². The predicted octanol–water partition coefficient (Wildman–Crippen LogP) is 3.33. The van der Waals surface area contributed by atoms with Crippen molar-refractivity contribution in [3.8, 4) is 16.3 Å². The van der Waals surface area contributed by atoms with Crippen LogP contribution in [0.25, 0.3) is 10.6 Å². The van der Waals surface area contributed by atoms with E-state index in [1.807, 2.05) is 43.5 Å². The monoisotopic (exact) mass is 359 g/mol. The molecule has 0 radical (unpaired) electrons. The Bertz CT molecular complexity index is 691. The van der Waals surface area contributed by atoms with Gasteiger partial charge in [-0.3, -0.25) is 4.79 Å². The van der Waals surface area contributed by atoms with Gasteiger partial charge < -0.3 is 15.4 Å². The molecule has 2 aromatic rings. The first kappa shape index (κ1) is 17.9. The summed E-state index contributed by atoms with van der Waals surface area (Å²) in [6.45, 7) is 6.78. The maximum atomic E-state index is 12.3. The highest BCUT2D eigenvalue weighted by atomic mass is 32.1. The summed E-state index contributed by atoms with van der Waals surface area (Å²) in [4.78, 5) is 16.8. The van der Waals surface area contributed by atoms with Crippen LogP contribution in [-0.2, 0) is 0 Å². The number of nitrogens with zero attached hydrogens (tertiary/aromatic N) is 1. The van der Waals surface area contributed by atoms with Crippen LogP contribution in [0.1, 0.15) is 37.2 Å². The number of hydrogen-bond acceptors (Lipinski definition) is 5. The quantitative estimate of drug-likeness (QED) is 0.830. The van der Waals surface area contributed by atoms with Crippen LogP contribution < -0.4 is 15.4 Å². The molecule has 5 nitrogen and oxygen atoms in total. The second-order valence-electron chi connectivity index (χ2n) is 6.65. The second-order valence-corrected chi connectivity index (χ2v) is 7.51. The Morgan fingerprint density at radius 1 is 1.40 bits per heavy atom. The van der Waals surface area contributed by atoms with E-state index >= 15 is 0 Å². The zero-order valence-electron chi connectivity index (χ0n) is 14.7. The molecule has 1 unspecified atom stereocenters. The Hall–Kier alpha value is -1.92. The van der Waals surface area contributed by atoms with E-state index < -0.39 is 0 Å². The zero-order chi connectivity index (χ0) is 17.6. The number of ether oxygens (including phenoxy) is 1. The summed E-state index contributed by atoms with van der Waals surface area (Å²) in [6.07, 6.45) is 2.50. The van der Waals surface area contributed by atoms with Crippen molar-refractivity contribution in [2.75, 3.05) is 19.6 Å². The summed E-state index contributed by atoms with van der Waals surface area (Å²) < 4.78 is 5.65. The average molecular weight is 359 g/mol. The molecule has 0 aliphatic carbocycles. The topological polar surface area (TPSA) is 63.2 Å². The molecule has 1 saturated heterocycles. The van der Waals surface area contributed by atoms with Crippen molar-refractivity contribution in [1.29, 1.82) is 0 Å².